The first kappa shape index (κ1) is 11.3. The number of hydroxylamine groups is 1. The third-order valence-electron chi connectivity index (χ3n) is 2.31. The number of nitrogens with one attached hydrogen (secondary N) is 1. The van der Waals surface area contributed by atoms with Crippen molar-refractivity contribution in [2.45, 2.75) is 13.1 Å². The van der Waals surface area contributed by atoms with Crippen LogP contribution in [0.15, 0.2) is 41.4 Å². The van der Waals surface area contributed by atoms with Crippen LogP contribution in [0.3, 0.4) is 0 Å². The number of carboxylic acid groups (broad SMARTS) is 1. The summed E-state index contributed by atoms with van der Waals surface area (Å²) in [5.74, 6) is -0.426. The number of aliphatic imine (C=N–C) groups is 1. The molecule has 1 heterocycles. The van der Waals surface area contributed by atoms with Crippen LogP contribution < -0.4 is 5.48 Å². The van der Waals surface area contributed by atoms with Crippen molar-refractivity contribution in [1.29, 1.82) is 0 Å². The molecule has 88 valence electrons. The number of rotatable bonds is 3. The van der Waals surface area contributed by atoms with Gasteiger partial charge in [-0.1, -0.05) is 18.2 Å². The fourth-order valence-corrected chi connectivity index (χ4v) is 1.47. The Morgan fingerprint density at radius 2 is 2.18 bits per heavy atom. The molecule has 2 rings (SSSR count). The van der Waals surface area contributed by atoms with Crippen molar-refractivity contribution in [3.05, 3.63) is 47.5 Å². The highest BCUT2D eigenvalue weighted by Gasteiger charge is 2.18. The predicted octanol–water partition coefficient (Wildman–Crippen LogP) is 1.89. The van der Waals surface area contributed by atoms with Gasteiger partial charge in [0, 0.05) is 0 Å². The highest BCUT2D eigenvalue weighted by molar-refractivity contribution is 5.89. The van der Waals surface area contributed by atoms with Gasteiger partial charge in [-0.15, -0.1) is 5.48 Å². The monoisotopic (exact) mass is 232 g/mol. The minimum atomic E-state index is -0.940. The average Bonchev–Trinajstić information content (AvgIpc) is 2.78. The van der Waals surface area contributed by atoms with Crippen molar-refractivity contribution in [3.63, 3.8) is 0 Å². The summed E-state index contributed by atoms with van der Waals surface area (Å²) in [6, 6.07) is 6.52. The van der Waals surface area contributed by atoms with E-state index in [2.05, 4.69) is 10.5 Å². The smallest absolute Gasteiger partial charge is 0.335 e. The van der Waals surface area contributed by atoms with Crippen LogP contribution in [0.4, 0.5) is 0 Å². The summed E-state index contributed by atoms with van der Waals surface area (Å²) in [5.41, 5.74) is 3.87. The molecule has 0 aromatic heterocycles. The molecule has 0 spiro atoms. The molecule has 0 amide bonds. The van der Waals surface area contributed by atoms with Crippen LogP contribution in [0.2, 0.25) is 0 Å². The van der Waals surface area contributed by atoms with E-state index in [-0.39, 0.29) is 11.7 Å². The third kappa shape index (κ3) is 2.51. The zero-order valence-electron chi connectivity index (χ0n) is 9.25. The molecule has 0 radical (unpaired) electrons. The molecule has 5 nitrogen and oxygen atoms in total. The van der Waals surface area contributed by atoms with Gasteiger partial charge in [-0.25, -0.2) is 9.79 Å². The van der Waals surface area contributed by atoms with Crippen molar-refractivity contribution in [2.75, 3.05) is 0 Å². The predicted molar refractivity (Wildman–Crippen MR) is 62.6 cm³/mol. The summed E-state index contributed by atoms with van der Waals surface area (Å²) in [6.07, 6.45) is 3.29. The Hall–Kier alpha value is -2.14. The third-order valence-corrected chi connectivity index (χ3v) is 2.31. The van der Waals surface area contributed by atoms with Gasteiger partial charge in [0.25, 0.3) is 0 Å². The van der Waals surface area contributed by atoms with E-state index < -0.39 is 5.97 Å². The molecular weight excluding hydrogens is 220 g/mol. The van der Waals surface area contributed by atoms with Crippen molar-refractivity contribution < 1.29 is 14.7 Å². The van der Waals surface area contributed by atoms with Gasteiger partial charge < -0.3 is 9.94 Å². The quantitative estimate of drug-likeness (QED) is 0.834. The van der Waals surface area contributed by atoms with Crippen molar-refractivity contribution in [1.82, 2.24) is 5.48 Å². The van der Waals surface area contributed by atoms with Crippen molar-refractivity contribution in [2.24, 2.45) is 4.99 Å². The molecule has 1 aromatic rings. The molecule has 2 N–H and O–H groups in total. The highest BCUT2D eigenvalue weighted by atomic mass is 16.7. The van der Waals surface area contributed by atoms with Gasteiger partial charge in [-0.05, 0) is 30.7 Å². The standard InChI is InChI=1S/C12H12N2O3/c1-2-3-10-13-11(14-17-10)8-4-6-9(7-5-8)12(15)16/h2-7,11,14H,1H3,(H,15,16)/b3-2+. The zero-order chi connectivity index (χ0) is 12.3. The molecule has 1 aliphatic rings. The van der Waals surface area contributed by atoms with Crippen LogP contribution in [0.5, 0.6) is 0 Å². The molecule has 5 heteroatoms. The van der Waals surface area contributed by atoms with Gasteiger partial charge >= 0.3 is 5.97 Å². The van der Waals surface area contributed by atoms with Crippen LogP contribution in [0.1, 0.15) is 29.0 Å². The largest absolute Gasteiger partial charge is 0.478 e. The Balaban J connectivity index is 2.16. The molecule has 0 fully saturated rings. The molecule has 0 saturated carbocycles. The van der Waals surface area contributed by atoms with E-state index in [1.807, 2.05) is 13.0 Å². The number of aromatic carboxylic acids is 1. The molecule has 1 aromatic carbocycles. The molecule has 17 heavy (non-hydrogen) atoms. The number of carbonyl (C=O) groups is 1. The summed E-state index contributed by atoms with van der Waals surface area (Å²) >= 11 is 0. The lowest BCUT2D eigenvalue weighted by Gasteiger charge is -2.06. The van der Waals surface area contributed by atoms with E-state index in [1.54, 1.807) is 30.3 Å². The first-order valence-corrected chi connectivity index (χ1v) is 5.17. The Kier molecular flexibility index (Phi) is 3.20. The first-order chi connectivity index (χ1) is 8.20. The lowest BCUT2D eigenvalue weighted by molar-refractivity contribution is 0.0697. The van der Waals surface area contributed by atoms with Crippen LogP contribution in [-0.2, 0) is 4.84 Å². The second kappa shape index (κ2) is 4.80. The van der Waals surface area contributed by atoms with Crippen molar-refractivity contribution in [3.8, 4) is 0 Å². The number of benzene rings is 1. The SMILES string of the molecule is C/C=C/C1=NC(c2ccc(C(=O)O)cc2)NO1. The number of carboxylic acids is 1. The molecule has 1 unspecified atom stereocenters. The van der Waals surface area contributed by atoms with Crippen LogP contribution >= 0.6 is 0 Å². The van der Waals surface area contributed by atoms with Gasteiger partial charge in [0.05, 0.1) is 5.56 Å². The summed E-state index contributed by atoms with van der Waals surface area (Å²) in [5, 5.41) is 8.78. The second-order valence-electron chi connectivity index (χ2n) is 3.52. The van der Waals surface area contributed by atoms with Crippen molar-refractivity contribution >= 4 is 11.9 Å². The van der Waals surface area contributed by atoms with Gasteiger partial charge in [0.15, 0.2) is 6.17 Å². The Morgan fingerprint density at radius 3 is 2.76 bits per heavy atom. The Bertz CT molecular complexity index is 477. The minimum absolute atomic E-state index is 0.255. The van der Waals surface area contributed by atoms with Gasteiger partial charge in [0.1, 0.15) is 0 Å². The maximum atomic E-state index is 10.7. The molecule has 0 aliphatic carbocycles. The van der Waals surface area contributed by atoms with Gasteiger partial charge in [-0.2, -0.15) is 0 Å². The number of allylic oxidation sites excluding steroid dienone is 1. The van der Waals surface area contributed by atoms with E-state index in [4.69, 9.17) is 9.94 Å². The second-order valence-corrected chi connectivity index (χ2v) is 3.52. The van der Waals surface area contributed by atoms with E-state index in [0.717, 1.165) is 5.56 Å². The maximum absolute atomic E-state index is 10.7. The summed E-state index contributed by atoms with van der Waals surface area (Å²) in [7, 11) is 0. The topological polar surface area (TPSA) is 70.9 Å². The Labute approximate surface area is 98.4 Å². The minimum Gasteiger partial charge on any atom is -0.478 e. The fourth-order valence-electron chi connectivity index (χ4n) is 1.47. The van der Waals surface area contributed by atoms with E-state index >= 15 is 0 Å². The molecule has 1 atom stereocenters. The average molecular weight is 232 g/mol. The van der Waals surface area contributed by atoms with E-state index in [9.17, 15) is 4.79 Å². The number of hydrogen-bond acceptors (Lipinski definition) is 4. The van der Waals surface area contributed by atoms with E-state index in [1.165, 1.54) is 0 Å². The highest BCUT2D eigenvalue weighted by Crippen LogP contribution is 2.19. The Morgan fingerprint density at radius 1 is 1.47 bits per heavy atom. The summed E-state index contributed by atoms with van der Waals surface area (Å²) in [4.78, 5) is 20.1. The normalized spacial score (nSPS) is 19.1. The van der Waals surface area contributed by atoms with Gasteiger partial charge in [-0.3, -0.25) is 0 Å². The van der Waals surface area contributed by atoms with Crippen LogP contribution in [-0.4, -0.2) is 17.0 Å². The summed E-state index contributed by atoms with van der Waals surface area (Å²) in [6.45, 7) is 1.88. The molecule has 0 bridgehead atoms. The summed E-state index contributed by atoms with van der Waals surface area (Å²) < 4.78 is 0. The first-order valence-electron chi connectivity index (χ1n) is 5.17. The molecular formula is C12H12N2O3. The molecule has 1 aliphatic heterocycles. The number of hydrogen-bond donors (Lipinski definition) is 2. The lowest BCUT2D eigenvalue weighted by Crippen LogP contribution is -2.13. The van der Waals surface area contributed by atoms with Gasteiger partial charge in [0.2, 0.25) is 5.90 Å². The number of nitrogens with zero attached hydrogens (tertiary/aromatic N) is 1. The van der Waals surface area contributed by atoms with E-state index in [0.29, 0.717) is 5.90 Å². The molecule has 0 saturated heterocycles. The maximum Gasteiger partial charge on any atom is 0.335 e. The van der Waals surface area contributed by atoms with Crippen LogP contribution in [0, 0.1) is 0 Å². The fraction of sp³-hybridized carbons (Fsp3) is 0.167. The lowest BCUT2D eigenvalue weighted by atomic mass is 10.1. The zero-order valence-corrected chi connectivity index (χ0v) is 9.25. The van der Waals surface area contributed by atoms with Crippen LogP contribution in [0.25, 0.3) is 0 Å².